The topological polar surface area (TPSA) is 20.9 Å². The number of carbonyl (C=O) groups is 1. The fourth-order valence-electron chi connectivity index (χ4n) is 1.65. The zero-order valence-electron chi connectivity index (χ0n) is 9.74. The highest BCUT2D eigenvalue weighted by atomic mass is 35.5. The van der Waals surface area contributed by atoms with Gasteiger partial charge in [0.05, 0.1) is 5.38 Å². The molecule has 0 radical (unpaired) electrons. The van der Waals surface area contributed by atoms with Crippen molar-refractivity contribution in [3.8, 4) is 0 Å². The smallest absolute Gasteiger partial charge is 0.234 e. The standard InChI is InChI=1S/C13H13ClNOS/c1-9-8-17-10(2)15(9)7-13(16)11-3-5-12(14)6-4-11/h3-6,8H,7H2,1-2H3/q+1. The molecule has 17 heavy (non-hydrogen) atoms. The van der Waals surface area contributed by atoms with E-state index in [1.54, 1.807) is 35.6 Å². The van der Waals surface area contributed by atoms with Crippen LogP contribution in [0.5, 0.6) is 0 Å². The molecule has 0 aliphatic carbocycles. The van der Waals surface area contributed by atoms with Gasteiger partial charge in [-0.05, 0) is 24.3 Å². The van der Waals surface area contributed by atoms with Gasteiger partial charge in [-0.25, -0.2) is 0 Å². The van der Waals surface area contributed by atoms with Crippen LogP contribution in [0.15, 0.2) is 29.6 Å². The lowest BCUT2D eigenvalue weighted by molar-refractivity contribution is -0.689. The summed E-state index contributed by atoms with van der Waals surface area (Å²) in [4.78, 5) is 12.1. The van der Waals surface area contributed by atoms with Gasteiger partial charge < -0.3 is 0 Å². The predicted molar refractivity (Wildman–Crippen MR) is 69.8 cm³/mol. The Labute approximate surface area is 109 Å². The number of aryl methyl sites for hydroxylation is 2. The number of thiazole rings is 1. The SMILES string of the molecule is Cc1csc(C)[n+]1CC(=O)c1ccc(Cl)cc1. The van der Waals surface area contributed by atoms with Crippen LogP contribution in [0.3, 0.4) is 0 Å². The van der Waals surface area contributed by atoms with Crippen molar-refractivity contribution in [3.63, 3.8) is 0 Å². The van der Waals surface area contributed by atoms with Crippen LogP contribution in [0.25, 0.3) is 0 Å². The van der Waals surface area contributed by atoms with E-state index in [9.17, 15) is 4.79 Å². The fraction of sp³-hybridized carbons (Fsp3) is 0.231. The average Bonchev–Trinajstić information content (AvgIpc) is 2.61. The quantitative estimate of drug-likeness (QED) is 0.617. The highest BCUT2D eigenvalue weighted by Crippen LogP contribution is 2.11. The van der Waals surface area contributed by atoms with Crippen molar-refractivity contribution in [2.24, 2.45) is 0 Å². The number of benzene rings is 1. The Balaban J connectivity index is 2.20. The summed E-state index contributed by atoms with van der Waals surface area (Å²) >= 11 is 7.45. The van der Waals surface area contributed by atoms with E-state index in [2.05, 4.69) is 5.38 Å². The average molecular weight is 267 g/mol. The van der Waals surface area contributed by atoms with Crippen molar-refractivity contribution in [1.82, 2.24) is 0 Å². The van der Waals surface area contributed by atoms with E-state index in [0.29, 0.717) is 17.1 Å². The molecular formula is C13H13ClNOS+. The maximum absolute atomic E-state index is 12.1. The van der Waals surface area contributed by atoms with Gasteiger partial charge in [0.2, 0.25) is 17.3 Å². The Morgan fingerprint density at radius 2 is 1.94 bits per heavy atom. The molecule has 0 atom stereocenters. The van der Waals surface area contributed by atoms with Crippen LogP contribution in [0.1, 0.15) is 21.1 Å². The van der Waals surface area contributed by atoms with Gasteiger partial charge in [0.25, 0.3) is 0 Å². The molecule has 1 heterocycles. The third-order valence-corrected chi connectivity index (χ3v) is 3.95. The third kappa shape index (κ3) is 2.73. The normalized spacial score (nSPS) is 10.5. The monoisotopic (exact) mass is 266 g/mol. The molecule has 0 saturated heterocycles. The van der Waals surface area contributed by atoms with Crippen LogP contribution in [0.2, 0.25) is 5.02 Å². The second-order valence-electron chi connectivity index (χ2n) is 3.91. The number of Topliss-reactive ketones (excluding diaryl/α,β-unsaturated/α-hetero) is 1. The van der Waals surface area contributed by atoms with E-state index >= 15 is 0 Å². The van der Waals surface area contributed by atoms with E-state index in [4.69, 9.17) is 11.6 Å². The summed E-state index contributed by atoms with van der Waals surface area (Å²) in [6, 6.07) is 7.02. The summed E-state index contributed by atoms with van der Waals surface area (Å²) in [5.41, 5.74) is 1.82. The number of halogens is 1. The van der Waals surface area contributed by atoms with Crippen molar-refractivity contribution >= 4 is 28.7 Å². The molecule has 0 aliphatic rings. The largest absolute Gasteiger partial charge is 0.287 e. The van der Waals surface area contributed by atoms with E-state index in [-0.39, 0.29) is 5.78 Å². The highest BCUT2D eigenvalue weighted by Gasteiger charge is 2.18. The maximum Gasteiger partial charge on any atom is 0.234 e. The van der Waals surface area contributed by atoms with Crippen molar-refractivity contribution in [2.45, 2.75) is 20.4 Å². The molecule has 0 aliphatic heterocycles. The lowest BCUT2D eigenvalue weighted by Gasteiger charge is -1.99. The van der Waals surface area contributed by atoms with Crippen molar-refractivity contribution < 1.29 is 9.36 Å². The summed E-state index contributed by atoms with van der Waals surface area (Å²) < 4.78 is 2.03. The Morgan fingerprint density at radius 1 is 1.29 bits per heavy atom. The molecule has 0 unspecified atom stereocenters. The molecule has 0 bridgehead atoms. The Kier molecular flexibility index (Phi) is 3.60. The zero-order valence-corrected chi connectivity index (χ0v) is 11.3. The molecule has 4 heteroatoms. The predicted octanol–water partition coefficient (Wildman–Crippen LogP) is 3.19. The zero-order chi connectivity index (χ0) is 12.4. The molecule has 2 nitrogen and oxygen atoms in total. The van der Waals surface area contributed by atoms with Crippen LogP contribution in [0.4, 0.5) is 0 Å². The first kappa shape index (κ1) is 12.3. The second-order valence-corrected chi connectivity index (χ2v) is 5.41. The molecule has 0 saturated carbocycles. The van der Waals surface area contributed by atoms with Crippen LogP contribution < -0.4 is 4.57 Å². The van der Waals surface area contributed by atoms with Gasteiger partial charge in [-0.3, -0.25) is 4.79 Å². The molecule has 1 aromatic heterocycles. The number of hydrogen-bond acceptors (Lipinski definition) is 2. The summed E-state index contributed by atoms with van der Waals surface area (Å²) in [5.74, 6) is 0.108. The van der Waals surface area contributed by atoms with Crippen molar-refractivity contribution in [3.05, 3.63) is 50.9 Å². The summed E-state index contributed by atoms with van der Waals surface area (Å²) in [5, 5.41) is 3.85. The number of ketones is 1. The van der Waals surface area contributed by atoms with E-state index in [1.165, 1.54) is 0 Å². The number of carbonyl (C=O) groups excluding carboxylic acids is 1. The first-order valence-electron chi connectivity index (χ1n) is 5.31. The molecule has 2 aromatic rings. The van der Waals surface area contributed by atoms with Gasteiger partial charge in [-0.2, -0.15) is 4.57 Å². The van der Waals surface area contributed by atoms with Crippen LogP contribution in [-0.2, 0) is 6.54 Å². The van der Waals surface area contributed by atoms with Crippen LogP contribution in [0, 0.1) is 13.8 Å². The van der Waals surface area contributed by atoms with Gasteiger partial charge in [0.15, 0.2) is 5.69 Å². The minimum atomic E-state index is 0.108. The van der Waals surface area contributed by atoms with Gasteiger partial charge in [-0.15, -0.1) is 0 Å². The molecule has 1 aromatic carbocycles. The summed E-state index contributed by atoms with van der Waals surface area (Å²) in [6.07, 6.45) is 0. The molecule has 2 rings (SSSR count). The number of hydrogen-bond donors (Lipinski definition) is 0. The fourth-order valence-corrected chi connectivity index (χ4v) is 2.58. The van der Waals surface area contributed by atoms with Crippen molar-refractivity contribution in [2.75, 3.05) is 0 Å². The molecule has 0 fully saturated rings. The lowest BCUT2D eigenvalue weighted by Crippen LogP contribution is -2.41. The van der Waals surface area contributed by atoms with E-state index in [0.717, 1.165) is 10.7 Å². The van der Waals surface area contributed by atoms with Crippen molar-refractivity contribution in [1.29, 1.82) is 0 Å². The number of rotatable bonds is 3. The molecule has 0 N–H and O–H groups in total. The van der Waals surface area contributed by atoms with Gasteiger partial charge in [0, 0.05) is 24.4 Å². The summed E-state index contributed by atoms with van der Waals surface area (Å²) in [6.45, 7) is 4.42. The first-order valence-corrected chi connectivity index (χ1v) is 6.57. The van der Waals surface area contributed by atoms with Gasteiger partial charge in [-0.1, -0.05) is 22.9 Å². The molecule has 88 valence electrons. The Bertz CT molecular complexity index is 526. The third-order valence-electron chi connectivity index (χ3n) is 2.67. The Hall–Kier alpha value is -1.19. The number of aromatic nitrogens is 1. The Morgan fingerprint density at radius 3 is 2.47 bits per heavy atom. The first-order chi connectivity index (χ1) is 8.08. The maximum atomic E-state index is 12.1. The molecule has 0 spiro atoms. The van der Waals surface area contributed by atoms with E-state index in [1.807, 2.05) is 18.4 Å². The van der Waals surface area contributed by atoms with E-state index < -0.39 is 0 Å². The van der Waals surface area contributed by atoms with Crippen LogP contribution >= 0.6 is 22.9 Å². The minimum Gasteiger partial charge on any atom is -0.287 e. The van der Waals surface area contributed by atoms with Gasteiger partial charge in [0.1, 0.15) is 0 Å². The second kappa shape index (κ2) is 4.98. The lowest BCUT2D eigenvalue weighted by atomic mass is 10.1. The molecule has 0 amide bonds. The number of nitrogens with zero attached hydrogens (tertiary/aromatic N) is 1. The minimum absolute atomic E-state index is 0.108. The van der Waals surface area contributed by atoms with Crippen LogP contribution in [-0.4, -0.2) is 5.78 Å². The summed E-state index contributed by atoms with van der Waals surface area (Å²) in [7, 11) is 0. The molecular weight excluding hydrogens is 254 g/mol. The highest BCUT2D eigenvalue weighted by molar-refractivity contribution is 7.09. The van der Waals surface area contributed by atoms with Gasteiger partial charge >= 0.3 is 0 Å².